The minimum absolute atomic E-state index is 0.258. The van der Waals surface area contributed by atoms with E-state index in [0.29, 0.717) is 38.8 Å². The second kappa shape index (κ2) is 9.00. The molecule has 1 N–H and O–H groups in total. The van der Waals surface area contributed by atoms with Gasteiger partial charge in [0.2, 0.25) is 0 Å². The number of aryl methyl sites for hydroxylation is 1. The lowest BCUT2D eigenvalue weighted by Gasteiger charge is -2.29. The van der Waals surface area contributed by atoms with Crippen molar-refractivity contribution in [2.45, 2.75) is 38.9 Å². The van der Waals surface area contributed by atoms with Crippen LogP contribution in [0.3, 0.4) is 0 Å². The summed E-state index contributed by atoms with van der Waals surface area (Å²) in [5, 5.41) is 8.24. The Balaban J connectivity index is 1.60. The van der Waals surface area contributed by atoms with Gasteiger partial charge in [-0.15, -0.1) is 0 Å². The number of alkyl halides is 3. The topological polar surface area (TPSA) is 45.6 Å². The maximum Gasteiger partial charge on any atom is 0.401 e. The second-order valence-electron chi connectivity index (χ2n) is 8.20. The Bertz CT molecular complexity index is 640. The van der Waals surface area contributed by atoms with Crippen molar-refractivity contribution in [1.82, 2.24) is 20.0 Å². The van der Waals surface area contributed by atoms with E-state index in [4.69, 9.17) is 9.84 Å². The number of likely N-dealkylation sites (tertiary alicyclic amines) is 1. The van der Waals surface area contributed by atoms with E-state index >= 15 is 0 Å². The second-order valence-corrected chi connectivity index (χ2v) is 8.20. The highest BCUT2D eigenvalue weighted by atomic mass is 19.4. The van der Waals surface area contributed by atoms with Crippen molar-refractivity contribution in [3.05, 3.63) is 11.3 Å². The first-order valence-electron chi connectivity index (χ1n) is 10.1. The van der Waals surface area contributed by atoms with Gasteiger partial charge in [-0.1, -0.05) is 13.8 Å². The molecule has 0 saturated carbocycles. The summed E-state index contributed by atoms with van der Waals surface area (Å²) in [7, 11) is 1.98. The maximum absolute atomic E-state index is 12.6. The van der Waals surface area contributed by atoms with Gasteiger partial charge in [-0.25, -0.2) is 0 Å². The molecule has 2 fully saturated rings. The van der Waals surface area contributed by atoms with Crippen LogP contribution in [-0.2, 0) is 18.3 Å². The fraction of sp³-hybridized carbons (Fsp3) is 0.842. The molecular formula is C19H32F3N5O. The van der Waals surface area contributed by atoms with E-state index in [1.54, 1.807) is 0 Å². The smallest absolute Gasteiger partial charge is 0.378 e. The number of anilines is 1. The molecule has 2 aliphatic heterocycles. The molecule has 0 aromatic carbocycles. The molecule has 0 amide bonds. The summed E-state index contributed by atoms with van der Waals surface area (Å²) in [5.41, 5.74) is 2.28. The summed E-state index contributed by atoms with van der Waals surface area (Å²) < 4.78 is 45.1. The molecule has 0 aliphatic carbocycles. The summed E-state index contributed by atoms with van der Waals surface area (Å²) >= 11 is 0. The third kappa shape index (κ3) is 5.39. The number of nitrogens with zero attached hydrogens (tertiary/aromatic N) is 4. The quantitative estimate of drug-likeness (QED) is 0.757. The van der Waals surface area contributed by atoms with Gasteiger partial charge in [-0.3, -0.25) is 9.58 Å². The minimum Gasteiger partial charge on any atom is -0.378 e. The number of halogens is 3. The van der Waals surface area contributed by atoms with Gasteiger partial charge in [0.05, 0.1) is 25.5 Å². The molecule has 1 aromatic rings. The van der Waals surface area contributed by atoms with Gasteiger partial charge in [0.1, 0.15) is 5.82 Å². The van der Waals surface area contributed by atoms with E-state index in [0.717, 1.165) is 37.6 Å². The summed E-state index contributed by atoms with van der Waals surface area (Å²) in [6.45, 7) is 9.04. The number of morpholine rings is 1. The third-order valence-electron chi connectivity index (χ3n) is 5.51. The zero-order valence-electron chi connectivity index (χ0n) is 17.1. The van der Waals surface area contributed by atoms with Crippen LogP contribution in [0.15, 0.2) is 0 Å². The van der Waals surface area contributed by atoms with E-state index in [1.165, 1.54) is 10.5 Å². The number of aromatic nitrogens is 2. The van der Waals surface area contributed by atoms with Crippen LogP contribution >= 0.6 is 0 Å². The molecule has 1 aromatic heterocycles. The molecule has 160 valence electrons. The predicted octanol–water partition coefficient (Wildman–Crippen LogP) is 2.35. The average Bonchev–Trinajstić information content (AvgIpc) is 3.18. The van der Waals surface area contributed by atoms with Crippen molar-refractivity contribution < 1.29 is 17.9 Å². The van der Waals surface area contributed by atoms with Gasteiger partial charge in [0.25, 0.3) is 0 Å². The first-order chi connectivity index (χ1) is 13.2. The molecule has 1 unspecified atom stereocenters. The first-order valence-corrected chi connectivity index (χ1v) is 10.1. The van der Waals surface area contributed by atoms with Crippen molar-refractivity contribution >= 4 is 5.82 Å². The zero-order valence-corrected chi connectivity index (χ0v) is 17.1. The molecule has 2 aliphatic rings. The number of rotatable bonds is 7. The molecular weight excluding hydrogens is 371 g/mol. The zero-order chi connectivity index (χ0) is 20.3. The Morgan fingerprint density at radius 2 is 1.93 bits per heavy atom. The molecule has 1 atom stereocenters. The molecule has 0 spiro atoms. The molecule has 6 nitrogen and oxygen atoms in total. The van der Waals surface area contributed by atoms with Gasteiger partial charge in [-0.05, 0) is 31.3 Å². The first kappa shape index (κ1) is 21.4. The van der Waals surface area contributed by atoms with Gasteiger partial charge in [0.15, 0.2) is 0 Å². The van der Waals surface area contributed by atoms with Crippen LogP contribution in [0.1, 0.15) is 37.4 Å². The van der Waals surface area contributed by atoms with Crippen molar-refractivity contribution in [2.75, 3.05) is 57.4 Å². The van der Waals surface area contributed by atoms with Crippen LogP contribution in [0.4, 0.5) is 19.0 Å². The third-order valence-corrected chi connectivity index (χ3v) is 5.51. The summed E-state index contributed by atoms with van der Waals surface area (Å²) in [6, 6.07) is 0. The van der Waals surface area contributed by atoms with Crippen LogP contribution in [0.5, 0.6) is 0 Å². The van der Waals surface area contributed by atoms with Crippen molar-refractivity contribution in [2.24, 2.45) is 13.0 Å². The minimum atomic E-state index is -4.11. The predicted molar refractivity (Wildman–Crippen MR) is 103 cm³/mol. The Kier molecular flexibility index (Phi) is 6.88. The maximum atomic E-state index is 12.6. The van der Waals surface area contributed by atoms with Crippen LogP contribution in [0.2, 0.25) is 0 Å². The average molecular weight is 403 g/mol. The SMILES string of the molecule is CC(C)c1nn(C)c(N2CCOCC2)c1CNCC1CCN(CC(F)(F)F)C1. The number of hydrogen-bond donors (Lipinski definition) is 1. The molecule has 3 heterocycles. The van der Waals surface area contributed by atoms with Gasteiger partial charge < -0.3 is 15.0 Å². The van der Waals surface area contributed by atoms with Crippen molar-refractivity contribution in [3.8, 4) is 0 Å². The molecule has 3 rings (SSSR count). The van der Waals surface area contributed by atoms with E-state index in [-0.39, 0.29) is 5.92 Å². The summed E-state index contributed by atoms with van der Waals surface area (Å²) in [5.74, 6) is 1.70. The fourth-order valence-electron chi connectivity index (χ4n) is 4.26. The molecule has 28 heavy (non-hydrogen) atoms. The molecule has 2 saturated heterocycles. The highest BCUT2D eigenvalue weighted by Gasteiger charge is 2.34. The Morgan fingerprint density at radius 1 is 1.21 bits per heavy atom. The lowest BCUT2D eigenvalue weighted by Crippen LogP contribution is -2.38. The van der Waals surface area contributed by atoms with Gasteiger partial charge in [-0.2, -0.15) is 18.3 Å². The van der Waals surface area contributed by atoms with E-state index in [9.17, 15) is 13.2 Å². The van der Waals surface area contributed by atoms with Crippen molar-refractivity contribution in [1.29, 1.82) is 0 Å². The van der Waals surface area contributed by atoms with Crippen molar-refractivity contribution in [3.63, 3.8) is 0 Å². The fourth-order valence-corrected chi connectivity index (χ4v) is 4.26. The van der Waals surface area contributed by atoms with Crippen LogP contribution in [0, 0.1) is 5.92 Å². The lowest BCUT2D eigenvalue weighted by molar-refractivity contribution is -0.143. The van der Waals surface area contributed by atoms with Gasteiger partial charge in [0, 0.05) is 38.8 Å². The monoisotopic (exact) mass is 403 g/mol. The highest BCUT2D eigenvalue weighted by Crippen LogP contribution is 2.29. The van der Waals surface area contributed by atoms with Crippen LogP contribution in [0.25, 0.3) is 0 Å². The van der Waals surface area contributed by atoms with Crippen LogP contribution in [-0.4, -0.2) is 73.3 Å². The van der Waals surface area contributed by atoms with E-state index in [1.807, 2.05) is 11.7 Å². The molecule has 0 bridgehead atoms. The largest absolute Gasteiger partial charge is 0.401 e. The lowest BCUT2D eigenvalue weighted by atomic mass is 10.0. The van der Waals surface area contributed by atoms with E-state index in [2.05, 4.69) is 24.1 Å². The van der Waals surface area contributed by atoms with Gasteiger partial charge >= 0.3 is 6.18 Å². The Labute approximate surface area is 165 Å². The molecule has 0 radical (unpaired) electrons. The Hall–Kier alpha value is -1.32. The number of hydrogen-bond acceptors (Lipinski definition) is 5. The Morgan fingerprint density at radius 3 is 2.57 bits per heavy atom. The summed E-state index contributed by atoms with van der Waals surface area (Å²) in [4.78, 5) is 3.83. The van der Waals surface area contributed by atoms with E-state index < -0.39 is 12.7 Å². The normalized spacial score (nSPS) is 21.8. The highest BCUT2D eigenvalue weighted by molar-refractivity contribution is 5.51. The number of ether oxygens (including phenoxy) is 1. The summed E-state index contributed by atoms with van der Waals surface area (Å²) in [6.07, 6.45) is -3.30. The standard InChI is InChI=1S/C19H32F3N5O/c1-14(2)17-16(18(25(3)24-17)27-6-8-28-9-7-27)11-23-10-15-4-5-26(12-15)13-19(20,21)22/h14-15,23H,4-13H2,1-3H3. The van der Waals surface area contributed by atoms with Crippen LogP contribution < -0.4 is 10.2 Å². The number of nitrogens with one attached hydrogen (secondary N) is 1. The molecule has 9 heteroatoms.